The van der Waals surface area contributed by atoms with Gasteiger partial charge in [0.1, 0.15) is 12.2 Å². The third-order valence-electron chi connectivity index (χ3n) is 11.2. The molecule has 4 bridgehead atoms. The van der Waals surface area contributed by atoms with Crippen LogP contribution in [0.1, 0.15) is 53.4 Å². The van der Waals surface area contributed by atoms with Crippen LogP contribution in [-0.2, 0) is 23.8 Å². The van der Waals surface area contributed by atoms with Crippen LogP contribution < -0.4 is 0 Å². The number of carbonyl (C=O) groups excluding carboxylic acids is 2. The summed E-state index contributed by atoms with van der Waals surface area (Å²) in [6.07, 6.45) is 8.31. The standard InChI is InChI=1S/C27H34O6/c1-12-13(2)24(29)31-22(12)23-26(4,30)21-18-10-16-15-9-8-14-6-5-7-19(28)25(14,3)17(15)11-27(32-18,33-23)20(16)21/h5,7-8,12-13,15-18,20-23,30H,6,9-11H2,1-4H3/t12-,13-,15+,16+,17+,18+,20-,21+,22-,23-,25+,26-,27+/m1/s1. The Morgan fingerprint density at radius 2 is 1.88 bits per heavy atom. The minimum Gasteiger partial charge on any atom is -0.459 e. The van der Waals surface area contributed by atoms with Gasteiger partial charge in [-0.25, -0.2) is 0 Å². The summed E-state index contributed by atoms with van der Waals surface area (Å²) in [5, 5.41) is 11.9. The molecule has 13 atom stereocenters. The summed E-state index contributed by atoms with van der Waals surface area (Å²) in [5.74, 6) is -0.0819. The lowest BCUT2D eigenvalue weighted by Crippen LogP contribution is -2.68. The molecule has 178 valence electrons. The van der Waals surface area contributed by atoms with Gasteiger partial charge in [0.25, 0.3) is 0 Å². The summed E-state index contributed by atoms with van der Waals surface area (Å²) in [4.78, 5) is 25.6. The van der Waals surface area contributed by atoms with Gasteiger partial charge in [0.05, 0.1) is 23.0 Å². The van der Waals surface area contributed by atoms with Gasteiger partial charge in [-0.05, 0) is 56.9 Å². The van der Waals surface area contributed by atoms with Crippen LogP contribution in [0, 0.1) is 46.8 Å². The molecule has 33 heavy (non-hydrogen) atoms. The molecule has 3 saturated heterocycles. The van der Waals surface area contributed by atoms with Gasteiger partial charge in [-0.15, -0.1) is 0 Å². The molecule has 3 heterocycles. The molecule has 4 aliphatic carbocycles. The summed E-state index contributed by atoms with van der Waals surface area (Å²) in [5.41, 5.74) is -0.406. The summed E-state index contributed by atoms with van der Waals surface area (Å²) in [6.45, 7) is 7.88. The lowest BCUT2D eigenvalue weighted by Gasteiger charge is -2.61. The predicted molar refractivity (Wildman–Crippen MR) is 118 cm³/mol. The molecule has 7 rings (SSSR count). The van der Waals surface area contributed by atoms with Crippen LogP contribution in [0.4, 0.5) is 0 Å². The van der Waals surface area contributed by atoms with Gasteiger partial charge >= 0.3 is 5.97 Å². The highest BCUT2D eigenvalue weighted by molar-refractivity contribution is 5.98. The first-order valence-electron chi connectivity index (χ1n) is 12.8. The van der Waals surface area contributed by atoms with E-state index in [1.54, 1.807) is 6.08 Å². The van der Waals surface area contributed by atoms with Crippen molar-refractivity contribution in [3.05, 3.63) is 23.8 Å². The molecule has 7 aliphatic rings. The Morgan fingerprint density at radius 1 is 1.09 bits per heavy atom. The van der Waals surface area contributed by atoms with Crippen LogP contribution in [0.25, 0.3) is 0 Å². The minimum absolute atomic E-state index is 0.0378. The van der Waals surface area contributed by atoms with Crippen molar-refractivity contribution < 1.29 is 28.9 Å². The molecule has 0 radical (unpaired) electrons. The number of fused-ring (bicyclic) bond motifs is 4. The van der Waals surface area contributed by atoms with Gasteiger partial charge in [-0.2, -0.15) is 0 Å². The zero-order valence-electron chi connectivity index (χ0n) is 19.8. The maximum absolute atomic E-state index is 13.3. The number of carbonyl (C=O) groups is 2. The van der Waals surface area contributed by atoms with E-state index in [9.17, 15) is 14.7 Å². The van der Waals surface area contributed by atoms with Gasteiger partial charge < -0.3 is 19.3 Å². The number of hydrogen-bond donors (Lipinski definition) is 1. The highest BCUT2D eigenvalue weighted by atomic mass is 16.7. The smallest absolute Gasteiger partial charge is 0.309 e. The highest BCUT2D eigenvalue weighted by Crippen LogP contribution is 2.72. The van der Waals surface area contributed by atoms with E-state index >= 15 is 0 Å². The third-order valence-corrected chi connectivity index (χ3v) is 11.2. The largest absolute Gasteiger partial charge is 0.459 e. The molecule has 3 aliphatic heterocycles. The minimum atomic E-state index is -1.14. The van der Waals surface area contributed by atoms with Crippen molar-refractivity contribution in [2.24, 2.45) is 46.8 Å². The number of rotatable bonds is 1. The van der Waals surface area contributed by atoms with Gasteiger partial charge in [0.2, 0.25) is 0 Å². The number of ketones is 1. The van der Waals surface area contributed by atoms with E-state index in [4.69, 9.17) is 14.2 Å². The second-order valence-corrected chi connectivity index (χ2v) is 12.3. The Balaban J connectivity index is 1.31. The highest BCUT2D eigenvalue weighted by Gasteiger charge is 2.78. The zero-order chi connectivity index (χ0) is 23.1. The maximum Gasteiger partial charge on any atom is 0.309 e. The summed E-state index contributed by atoms with van der Waals surface area (Å²) in [6, 6.07) is 0. The molecule has 0 unspecified atom stereocenters. The molecular weight excluding hydrogens is 420 g/mol. The van der Waals surface area contributed by atoms with Gasteiger partial charge in [-0.3, -0.25) is 9.59 Å². The van der Waals surface area contributed by atoms with Crippen LogP contribution in [0.2, 0.25) is 0 Å². The van der Waals surface area contributed by atoms with Gasteiger partial charge in [-0.1, -0.05) is 31.6 Å². The molecule has 5 fully saturated rings. The Hall–Kier alpha value is -1.50. The molecule has 0 amide bonds. The van der Waals surface area contributed by atoms with Crippen molar-refractivity contribution in [2.45, 2.75) is 83.1 Å². The van der Waals surface area contributed by atoms with Crippen molar-refractivity contribution in [1.29, 1.82) is 0 Å². The van der Waals surface area contributed by atoms with E-state index in [2.05, 4.69) is 13.0 Å². The molecule has 0 aromatic carbocycles. The van der Waals surface area contributed by atoms with Gasteiger partial charge in [0.15, 0.2) is 11.6 Å². The summed E-state index contributed by atoms with van der Waals surface area (Å²) < 4.78 is 19.3. The normalized spacial score (nSPS) is 60.3. The second kappa shape index (κ2) is 6.19. The molecular formula is C27H34O6. The molecule has 6 heteroatoms. The number of aliphatic hydroxyl groups is 1. The lowest BCUT2D eigenvalue weighted by atomic mass is 9.48. The first kappa shape index (κ1) is 20.8. The predicted octanol–water partition coefficient (Wildman–Crippen LogP) is 3.18. The number of allylic oxidation sites excluding steroid dienone is 4. The fraction of sp³-hybridized carbons (Fsp3) is 0.778. The molecule has 0 spiro atoms. The fourth-order valence-electron chi connectivity index (χ4n) is 9.30. The molecule has 2 saturated carbocycles. The van der Waals surface area contributed by atoms with Crippen LogP contribution in [0.3, 0.4) is 0 Å². The SMILES string of the molecule is C[C@H]1[C@H]([C@H]2O[C@]34C[C@H]5[C@@H](CC=C6CC=CC(=O)[C@@]65C)[C@@H]5C[C@H](O3)[C@@H]([C@@H]54)[C@@]2(C)O)OC(=O)[C@@H]1C. The molecule has 0 aromatic heterocycles. The maximum atomic E-state index is 13.3. The Labute approximate surface area is 194 Å². The van der Waals surface area contributed by atoms with E-state index < -0.39 is 29.0 Å². The van der Waals surface area contributed by atoms with E-state index in [0.717, 1.165) is 19.3 Å². The third kappa shape index (κ3) is 2.27. The lowest BCUT2D eigenvalue weighted by molar-refractivity contribution is -0.361. The van der Waals surface area contributed by atoms with Crippen LogP contribution in [0.5, 0.6) is 0 Å². The number of cyclic esters (lactones) is 1. The van der Waals surface area contributed by atoms with E-state index in [1.165, 1.54) is 5.57 Å². The van der Waals surface area contributed by atoms with Crippen LogP contribution >= 0.6 is 0 Å². The van der Waals surface area contributed by atoms with Crippen molar-refractivity contribution >= 4 is 11.8 Å². The second-order valence-electron chi connectivity index (χ2n) is 12.3. The number of esters is 1. The Kier molecular flexibility index (Phi) is 3.91. The van der Waals surface area contributed by atoms with Crippen molar-refractivity contribution in [2.75, 3.05) is 0 Å². The van der Waals surface area contributed by atoms with Gasteiger partial charge in [0, 0.05) is 24.2 Å². The first-order chi connectivity index (χ1) is 15.6. The monoisotopic (exact) mass is 454 g/mol. The molecule has 0 aromatic rings. The van der Waals surface area contributed by atoms with Crippen molar-refractivity contribution in [3.8, 4) is 0 Å². The summed E-state index contributed by atoms with van der Waals surface area (Å²) >= 11 is 0. The number of hydrogen-bond acceptors (Lipinski definition) is 6. The Morgan fingerprint density at radius 3 is 2.61 bits per heavy atom. The molecule has 6 nitrogen and oxygen atoms in total. The Bertz CT molecular complexity index is 1010. The average Bonchev–Trinajstić information content (AvgIpc) is 3.37. The van der Waals surface area contributed by atoms with Crippen LogP contribution in [0.15, 0.2) is 23.8 Å². The first-order valence-corrected chi connectivity index (χ1v) is 12.8. The molecule has 1 N–H and O–H groups in total. The average molecular weight is 455 g/mol. The topological polar surface area (TPSA) is 82.1 Å². The number of ether oxygens (including phenoxy) is 3. The van der Waals surface area contributed by atoms with Crippen LogP contribution in [-0.4, -0.2) is 46.6 Å². The fourth-order valence-corrected chi connectivity index (χ4v) is 9.30. The quantitative estimate of drug-likeness (QED) is 0.484. The van der Waals surface area contributed by atoms with Crippen molar-refractivity contribution in [3.63, 3.8) is 0 Å². The van der Waals surface area contributed by atoms with E-state index in [1.807, 2.05) is 26.8 Å². The summed E-state index contributed by atoms with van der Waals surface area (Å²) in [7, 11) is 0. The zero-order valence-corrected chi connectivity index (χ0v) is 19.8. The van der Waals surface area contributed by atoms with E-state index in [-0.39, 0.29) is 47.4 Å². The van der Waals surface area contributed by atoms with Crippen molar-refractivity contribution in [1.82, 2.24) is 0 Å². The van der Waals surface area contributed by atoms with E-state index in [0.29, 0.717) is 18.3 Å².